The van der Waals surface area contributed by atoms with Crippen LogP contribution in [-0.4, -0.2) is 29.6 Å². The Balaban J connectivity index is 1.75. The van der Waals surface area contributed by atoms with E-state index in [9.17, 15) is 9.59 Å². The van der Waals surface area contributed by atoms with Gasteiger partial charge in [0, 0.05) is 31.3 Å². The quantitative estimate of drug-likeness (QED) is 0.699. The fourth-order valence-electron chi connectivity index (χ4n) is 3.96. The van der Waals surface area contributed by atoms with Crippen molar-refractivity contribution in [3.8, 4) is 5.75 Å². The van der Waals surface area contributed by atoms with Crippen LogP contribution in [0.25, 0.3) is 10.8 Å². The summed E-state index contributed by atoms with van der Waals surface area (Å²) in [5, 5.41) is 11.0. The predicted octanol–water partition coefficient (Wildman–Crippen LogP) is 4.50. The van der Waals surface area contributed by atoms with E-state index in [1.807, 2.05) is 60.7 Å². The number of hydrogen-bond donors (Lipinski definition) is 1. The first-order valence-electron chi connectivity index (χ1n) is 9.79. The van der Waals surface area contributed by atoms with Crippen LogP contribution in [0.5, 0.6) is 5.75 Å². The van der Waals surface area contributed by atoms with Crippen molar-refractivity contribution in [2.45, 2.75) is 26.3 Å². The Hall–Kier alpha value is -3.67. The number of benzene rings is 3. The lowest BCUT2D eigenvalue weighted by Gasteiger charge is -2.22. The molecule has 1 heterocycles. The number of hydrazone groups is 1. The van der Waals surface area contributed by atoms with Gasteiger partial charge in [-0.05, 0) is 34.7 Å². The summed E-state index contributed by atoms with van der Waals surface area (Å²) in [7, 11) is 1.65. The van der Waals surface area contributed by atoms with Crippen molar-refractivity contribution in [1.29, 1.82) is 0 Å². The van der Waals surface area contributed by atoms with Crippen LogP contribution in [0.1, 0.15) is 37.4 Å². The molecule has 0 saturated carbocycles. The number of carbonyl (C=O) groups is 2. The molecule has 0 aliphatic carbocycles. The van der Waals surface area contributed by atoms with Gasteiger partial charge in [0.15, 0.2) is 0 Å². The van der Waals surface area contributed by atoms with Crippen LogP contribution in [0.2, 0.25) is 0 Å². The van der Waals surface area contributed by atoms with Crippen LogP contribution < -0.4 is 10.1 Å². The third kappa shape index (κ3) is 3.64. The Morgan fingerprint density at radius 3 is 2.50 bits per heavy atom. The maximum absolute atomic E-state index is 12.4. The van der Waals surface area contributed by atoms with Crippen LogP contribution in [0.4, 0.5) is 5.69 Å². The van der Waals surface area contributed by atoms with Crippen LogP contribution in [0, 0.1) is 0 Å². The highest BCUT2D eigenvalue weighted by molar-refractivity contribution is 6.05. The highest BCUT2D eigenvalue weighted by Gasteiger charge is 2.32. The molecule has 0 saturated heterocycles. The average molecular weight is 401 g/mol. The fourth-order valence-corrected chi connectivity index (χ4v) is 3.96. The van der Waals surface area contributed by atoms with Gasteiger partial charge in [-0.1, -0.05) is 42.5 Å². The smallest absolute Gasteiger partial charge is 0.240 e. The molecule has 0 aromatic heterocycles. The van der Waals surface area contributed by atoms with E-state index in [1.54, 1.807) is 12.1 Å². The Labute approximate surface area is 175 Å². The topological polar surface area (TPSA) is 71.0 Å². The second kappa shape index (κ2) is 7.99. The molecule has 1 aliphatic rings. The van der Waals surface area contributed by atoms with Crippen molar-refractivity contribution in [2.75, 3.05) is 12.4 Å². The van der Waals surface area contributed by atoms with E-state index in [4.69, 9.17) is 4.74 Å². The predicted molar refractivity (Wildman–Crippen MR) is 118 cm³/mol. The lowest BCUT2D eigenvalue weighted by molar-refractivity contribution is -0.130. The highest BCUT2D eigenvalue weighted by Crippen LogP contribution is 2.39. The summed E-state index contributed by atoms with van der Waals surface area (Å²) in [5.74, 6) is 0.548. The molecule has 30 heavy (non-hydrogen) atoms. The van der Waals surface area contributed by atoms with Crippen molar-refractivity contribution in [2.24, 2.45) is 5.10 Å². The lowest BCUT2D eigenvalue weighted by atomic mass is 9.93. The van der Waals surface area contributed by atoms with Gasteiger partial charge in [-0.2, -0.15) is 5.10 Å². The number of nitrogens with one attached hydrogen (secondary N) is 1. The number of nitrogens with zero attached hydrogens (tertiary/aromatic N) is 2. The van der Waals surface area contributed by atoms with Gasteiger partial charge in [0.1, 0.15) is 5.75 Å². The van der Waals surface area contributed by atoms with Gasteiger partial charge in [0.2, 0.25) is 11.8 Å². The molecule has 1 atom stereocenters. The zero-order valence-electron chi connectivity index (χ0n) is 17.2. The van der Waals surface area contributed by atoms with Crippen molar-refractivity contribution in [3.63, 3.8) is 0 Å². The number of methoxy groups -OCH3 is 1. The van der Waals surface area contributed by atoms with Gasteiger partial charge in [0.25, 0.3) is 0 Å². The molecule has 6 heteroatoms. The third-order valence-electron chi connectivity index (χ3n) is 5.25. The third-order valence-corrected chi connectivity index (χ3v) is 5.25. The Bertz CT molecular complexity index is 1170. The van der Waals surface area contributed by atoms with E-state index in [1.165, 1.54) is 13.8 Å². The summed E-state index contributed by atoms with van der Waals surface area (Å²) in [6.45, 7) is 3.00. The molecule has 3 aromatic carbocycles. The first kappa shape index (κ1) is 19.6. The Morgan fingerprint density at radius 2 is 1.80 bits per heavy atom. The van der Waals surface area contributed by atoms with E-state index < -0.39 is 0 Å². The normalized spacial score (nSPS) is 15.8. The van der Waals surface area contributed by atoms with Gasteiger partial charge in [0.05, 0.1) is 18.9 Å². The molecule has 152 valence electrons. The van der Waals surface area contributed by atoms with Crippen molar-refractivity contribution < 1.29 is 14.3 Å². The number of amides is 2. The molecular formula is C24H23N3O3. The summed E-state index contributed by atoms with van der Waals surface area (Å²) in [4.78, 5) is 23.8. The molecule has 0 radical (unpaired) electrons. The highest BCUT2D eigenvalue weighted by atomic mass is 16.5. The molecule has 1 aliphatic heterocycles. The van der Waals surface area contributed by atoms with Gasteiger partial charge in [-0.3, -0.25) is 9.59 Å². The molecule has 6 nitrogen and oxygen atoms in total. The molecule has 0 bridgehead atoms. The minimum Gasteiger partial charge on any atom is -0.496 e. The number of hydrogen-bond acceptors (Lipinski definition) is 4. The first-order chi connectivity index (χ1) is 14.5. The van der Waals surface area contributed by atoms with Crippen LogP contribution in [0.3, 0.4) is 0 Å². The standard InChI is InChI=1S/C24H23N3O3/c1-15(28)25-18-8-6-7-17(13-18)22-14-23(27(26-22)16(2)29)20-11-12-24(30-3)21-10-5-4-9-19(20)21/h4-13,23H,14H2,1-3H3,(H,25,28)/t23-/m1/s1. The minimum atomic E-state index is -0.210. The fraction of sp³-hybridized carbons (Fsp3) is 0.208. The zero-order valence-corrected chi connectivity index (χ0v) is 17.2. The van der Waals surface area contributed by atoms with E-state index in [0.29, 0.717) is 12.1 Å². The summed E-state index contributed by atoms with van der Waals surface area (Å²) in [6, 6.07) is 19.3. The second-order valence-corrected chi connectivity index (χ2v) is 7.29. The molecule has 3 aromatic rings. The van der Waals surface area contributed by atoms with Crippen molar-refractivity contribution in [3.05, 3.63) is 71.8 Å². The monoisotopic (exact) mass is 401 g/mol. The van der Waals surface area contributed by atoms with Crippen LogP contribution >= 0.6 is 0 Å². The van der Waals surface area contributed by atoms with E-state index >= 15 is 0 Å². The van der Waals surface area contributed by atoms with E-state index in [0.717, 1.165) is 33.4 Å². The van der Waals surface area contributed by atoms with Crippen LogP contribution in [0.15, 0.2) is 65.8 Å². The molecule has 0 spiro atoms. The van der Waals surface area contributed by atoms with E-state index in [2.05, 4.69) is 10.4 Å². The van der Waals surface area contributed by atoms with Crippen molar-refractivity contribution >= 4 is 34.0 Å². The molecule has 1 N–H and O–H groups in total. The summed E-state index contributed by atoms with van der Waals surface area (Å²) < 4.78 is 5.51. The summed E-state index contributed by atoms with van der Waals surface area (Å²) in [6.07, 6.45) is 0.583. The van der Waals surface area contributed by atoms with Crippen molar-refractivity contribution in [1.82, 2.24) is 5.01 Å². The average Bonchev–Trinajstić information content (AvgIpc) is 3.18. The molecule has 4 rings (SSSR count). The number of fused-ring (bicyclic) bond motifs is 1. The summed E-state index contributed by atoms with van der Waals surface area (Å²) >= 11 is 0. The van der Waals surface area contributed by atoms with E-state index in [-0.39, 0.29) is 17.9 Å². The Morgan fingerprint density at radius 1 is 1.03 bits per heavy atom. The minimum absolute atomic E-state index is 0.118. The van der Waals surface area contributed by atoms with Gasteiger partial charge >= 0.3 is 0 Å². The number of ether oxygens (including phenoxy) is 1. The SMILES string of the molecule is COc1ccc([C@H]2CC(c3cccc(NC(C)=O)c3)=NN2C(C)=O)c2ccccc12. The lowest BCUT2D eigenvalue weighted by Crippen LogP contribution is -2.24. The first-order valence-corrected chi connectivity index (χ1v) is 9.79. The zero-order chi connectivity index (χ0) is 21.3. The number of anilines is 1. The van der Waals surface area contributed by atoms with Gasteiger partial charge in [-0.25, -0.2) is 5.01 Å². The van der Waals surface area contributed by atoms with Crippen LogP contribution in [-0.2, 0) is 9.59 Å². The maximum Gasteiger partial charge on any atom is 0.240 e. The molecule has 0 fully saturated rings. The Kier molecular flexibility index (Phi) is 5.23. The van der Waals surface area contributed by atoms with Gasteiger partial charge < -0.3 is 10.1 Å². The second-order valence-electron chi connectivity index (χ2n) is 7.29. The maximum atomic E-state index is 12.4. The number of rotatable bonds is 4. The molecule has 2 amide bonds. The largest absolute Gasteiger partial charge is 0.496 e. The summed E-state index contributed by atoms with van der Waals surface area (Å²) in [5.41, 5.74) is 3.42. The molecular weight excluding hydrogens is 378 g/mol. The van der Waals surface area contributed by atoms with Gasteiger partial charge in [-0.15, -0.1) is 0 Å². The molecule has 0 unspecified atom stereocenters. The number of carbonyl (C=O) groups excluding carboxylic acids is 2.